The van der Waals surface area contributed by atoms with Crippen LogP contribution in [-0.2, 0) is 14.4 Å². The summed E-state index contributed by atoms with van der Waals surface area (Å²) in [7, 11) is 0. The standard InChI is InChI=1S/C22H26N4O4/c23-12-16(10-15-8-9-24-21(15)28)25-22(29)20-14-6-7-17(11-14)26(20)19(27)13-30-18-4-2-1-3-5-18/h1-5,14-17,20H,6-11,13H2,(H,24,28)(H,25,29)/t14-,15-,16-,17+,20-/m0/s1. The van der Waals surface area contributed by atoms with Gasteiger partial charge in [0.15, 0.2) is 6.61 Å². The van der Waals surface area contributed by atoms with E-state index in [1.54, 1.807) is 17.0 Å². The lowest BCUT2D eigenvalue weighted by molar-refractivity contribution is -0.144. The monoisotopic (exact) mass is 410 g/mol. The van der Waals surface area contributed by atoms with E-state index in [2.05, 4.69) is 16.7 Å². The van der Waals surface area contributed by atoms with Gasteiger partial charge >= 0.3 is 0 Å². The minimum atomic E-state index is -0.747. The summed E-state index contributed by atoms with van der Waals surface area (Å²) in [5.74, 6) is -0.137. The Morgan fingerprint density at radius 2 is 2.07 bits per heavy atom. The molecule has 2 N–H and O–H groups in total. The topological polar surface area (TPSA) is 112 Å². The number of para-hydroxylation sites is 1. The minimum Gasteiger partial charge on any atom is -0.484 e. The molecule has 158 valence electrons. The predicted molar refractivity (Wildman–Crippen MR) is 107 cm³/mol. The summed E-state index contributed by atoms with van der Waals surface area (Å²) in [4.78, 5) is 39.4. The van der Waals surface area contributed by atoms with Crippen molar-refractivity contribution < 1.29 is 19.1 Å². The Morgan fingerprint density at radius 1 is 1.27 bits per heavy atom. The van der Waals surface area contributed by atoms with E-state index in [4.69, 9.17) is 4.74 Å². The minimum absolute atomic E-state index is 0.0405. The number of benzene rings is 1. The number of amides is 3. The van der Waals surface area contributed by atoms with Gasteiger partial charge in [0.2, 0.25) is 11.8 Å². The molecule has 3 fully saturated rings. The van der Waals surface area contributed by atoms with Gasteiger partial charge in [-0.15, -0.1) is 0 Å². The maximum absolute atomic E-state index is 13.1. The third kappa shape index (κ3) is 4.11. The number of rotatable bonds is 7. The molecule has 8 nitrogen and oxygen atoms in total. The Morgan fingerprint density at radius 3 is 2.77 bits per heavy atom. The van der Waals surface area contributed by atoms with Crippen LogP contribution in [0.3, 0.4) is 0 Å². The van der Waals surface area contributed by atoms with E-state index < -0.39 is 12.1 Å². The molecule has 2 bridgehead atoms. The molecule has 1 aromatic carbocycles. The summed E-state index contributed by atoms with van der Waals surface area (Å²) < 4.78 is 5.60. The molecule has 2 saturated heterocycles. The quantitative estimate of drug-likeness (QED) is 0.696. The number of ether oxygens (including phenoxy) is 1. The normalized spacial score (nSPS) is 28.0. The average Bonchev–Trinajstić information content (AvgIpc) is 3.48. The highest BCUT2D eigenvalue weighted by molar-refractivity contribution is 5.90. The van der Waals surface area contributed by atoms with Crippen molar-refractivity contribution in [1.82, 2.24) is 15.5 Å². The van der Waals surface area contributed by atoms with Gasteiger partial charge in [-0.3, -0.25) is 14.4 Å². The summed E-state index contributed by atoms with van der Waals surface area (Å²) >= 11 is 0. The lowest BCUT2D eigenvalue weighted by atomic mass is 9.95. The third-order valence-corrected chi connectivity index (χ3v) is 6.40. The van der Waals surface area contributed by atoms with E-state index in [0.717, 1.165) is 19.3 Å². The smallest absolute Gasteiger partial charge is 0.261 e. The zero-order valence-electron chi connectivity index (χ0n) is 16.8. The molecule has 3 aliphatic rings. The molecule has 1 aromatic rings. The molecule has 5 atom stereocenters. The first-order valence-electron chi connectivity index (χ1n) is 10.5. The van der Waals surface area contributed by atoms with Gasteiger partial charge in [0.1, 0.15) is 17.8 Å². The van der Waals surface area contributed by atoms with Crippen molar-refractivity contribution in [3.63, 3.8) is 0 Å². The molecule has 4 rings (SSSR count). The van der Waals surface area contributed by atoms with Crippen LogP contribution in [0, 0.1) is 23.2 Å². The van der Waals surface area contributed by atoms with Crippen molar-refractivity contribution >= 4 is 17.7 Å². The first-order valence-corrected chi connectivity index (χ1v) is 10.5. The van der Waals surface area contributed by atoms with Gasteiger partial charge in [0, 0.05) is 18.5 Å². The first kappa shape index (κ1) is 20.2. The molecule has 2 heterocycles. The van der Waals surface area contributed by atoms with Crippen molar-refractivity contribution in [2.75, 3.05) is 13.2 Å². The second kappa shape index (κ2) is 8.74. The van der Waals surface area contributed by atoms with Crippen molar-refractivity contribution in [2.24, 2.45) is 11.8 Å². The fourth-order valence-electron chi connectivity index (χ4n) is 4.98. The van der Waals surface area contributed by atoms with Crippen LogP contribution in [0.1, 0.15) is 32.1 Å². The Hall–Kier alpha value is -3.08. The number of hydrogen-bond acceptors (Lipinski definition) is 5. The zero-order valence-corrected chi connectivity index (χ0v) is 16.8. The van der Waals surface area contributed by atoms with Gasteiger partial charge in [-0.25, -0.2) is 0 Å². The maximum atomic E-state index is 13.1. The molecule has 0 spiro atoms. The van der Waals surface area contributed by atoms with Gasteiger partial charge in [0.05, 0.1) is 6.07 Å². The van der Waals surface area contributed by atoms with Crippen LogP contribution in [0.2, 0.25) is 0 Å². The van der Waals surface area contributed by atoms with Crippen LogP contribution in [0.25, 0.3) is 0 Å². The number of fused-ring (bicyclic) bond motifs is 2. The molecular formula is C22H26N4O4. The summed E-state index contributed by atoms with van der Waals surface area (Å²) in [5.41, 5.74) is 0. The van der Waals surface area contributed by atoms with Crippen LogP contribution in [0.4, 0.5) is 0 Å². The highest BCUT2D eigenvalue weighted by atomic mass is 16.5. The van der Waals surface area contributed by atoms with Gasteiger partial charge < -0.3 is 20.3 Å². The second-order valence-electron chi connectivity index (χ2n) is 8.28. The van der Waals surface area contributed by atoms with E-state index in [1.807, 2.05) is 18.2 Å². The number of carbonyl (C=O) groups is 3. The second-order valence-corrected chi connectivity index (χ2v) is 8.28. The maximum Gasteiger partial charge on any atom is 0.261 e. The number of nitrogens with one attached hydrogen (secondary N) is 2. The number of nitrogens with zero attached hydrogens (tertiary/aromatic N) is 2. The van der Waals surface area contributed by atoms with Crippen LogP contribution < -0.4 is 15.4 Å². The van der Waals surface area contributed by atoms with Gasteiger partial charge in [-0.1, -0.05) is 18.2 Å². The predicted octanol–water partition coefficient (Wildman–Crippen LogP) is 0.979. The van der Waals surface area contributed by atoms with E-state index in [9.17, 15) is 19.6 Å². The van der Waals surface area contributed by atoms with E-state index in [1.165, 1.54) is 0 Å². The Balaban J connectivity index is 1.39. The molecule has 30 heavy (non-hydrogen) atoms. The molecule has 2 aliphatic heterocycles. The summed E-state index contributed by atoms with van der Waals surface area (Å²) in [6.07, 6.45) is 3.55. The lowest BCUT2D eigenvalue weighted by Crippen LogP contribution is -2.55. The molecule has 8 heteroatoms. The summed E-state index contributed by atoms with van der Waals surface area (Å²) in [6, 6.07) is 9.91. The molecular weight excluding hydrogens is 384 g/mol. The molecule has 0 unspecified atom stereocenters. The van der Waals surface area contributed by atoms with Gasteiger partial charge in [0.25, 0.3) is 5.91 Å². The zero-order chi connectivity index (χ0) is 21.1. The molecule has 1 aliphatic carbocycles. The van der Waals surface area contributed by atoms with Gasteiger partial charge in [-0.2, -0.15) is 5.26 Å². The Kier molecular flexibility index (Phi) is 5.88. The summed E-state index contributed by atoms with van der Waals surface area (Å²) in [6.45, 7) is 0.479. The van der Waals surface area contributed by atoms with Crippen LogP contribution in [0.5, 0.6) is 5.75 Å². The Bertz CT molecular complexity index is 852. The lowest BCUT2D eigenvalue weighted by Gasteiger charge is -2.34. The van der Waals surface area contributed by atoms with E-state index in [0.29, 0.717) is 25.1 Å². The number of piperidine rings is 1. The molecule has 0 radical (unpaired) electrons. The summed E-state index contributed by atoms with van der Waals surface area (Å²) in [5, 5.41) is 15.0. The molecule has 1 saturated carbocycles. The van der Waals surface area contributed by atoms with Gasteiger partial charge in [-0.05, 0) is 50.2 Å². The highest BCUT2D eigenvalue weighted by Gasteiger charge is 2.51. The van der Waals surface area contributed by atoms with Crippen LogP contribution in [0.15, 0.2) is 30.3 Å². The third-order valence-electron chi connectivity index (χ3n) is 6.40. The van der Waals surface area contributed by atoms with E-state index >= 15 is 0 Å². The van der Waals surface area contributed by atoms with Crippen LogP contribution in [-0.4, -0.2) is 53.9 Å². The van der Waals surface area contributed by atoms with Crippen molar-refractivity contribution in [1.29, 1.82) is 5.26 Å². The fraction of sp³-hybridized carbons (Fsp3) is 0.545. The van der Waals surface area contributed by atoms with Crippen molar-refractivity contribution in [3.8, 4) is 11.8 Å². The number of hydrogen-bond donors (Lipinski definition) is 2. The molecule has 0 aromatic heterocycles. The highest BCUT2D eigenvalue weighted by Crippen LogP contribution is 2.42. The Labute approximate surface area is 175 Å². The number of carbonyl (C=O) groups excluding carboxylic acids is 3. The SMILES string of the molecule is N#C[C@H](C[C@@H]1CCNC1=O)NC(=O)[C@@H]1[C@H]2CC[C@H](C2)N1C(=O)COc1ccccc1. The van der Waals surface area contributed by atoms with E-state index in [-0.39, 0.29) is 42.2 Å². The largest absolute Gasteiger partial charge is 0.484 e. The first-order chi connectivity index (χ1) is 14.6. The molecule has 3 amide bonds. The number of likely N-dealkylation sites (tertiary alicyclic amines) is 1. The average molecular weight is 410 g/mol. The van der Waals surface area contributed by atoms with Crippen molar-refractivity contribution in [3.05, 3.63) is 30.3 Å². The number of nitriles is 1. The van der Waals surface area contributed by atoms with Crippen molar-refractivity contribution in [2.45, 2.75) is 50.2 Å². The van der Waals surface area contributed by atoms with Crippen LogP contribution >= 0.6 is 0 Å². The fourth-order valence-corrected chi connectivity index (χ4v) is 4.98.